The van der Waals surface area contributed by atoms with E-state index in [0.717, 1.165) is 11.1 Å². The molecule has 6 nitrogen and oxygen atoms in total. The highest BCUT2D eigenvalue weighted by Crippen LogP contribution is 2.18. The van der Waals surface area contributed by atoms with E-state index in [-0.39, 0.29) is 11.4 Å². The van der Waals surface area contributed by atoms with Crippen LogP contribution in [0.2, 0.25) is 0 Å². The Hall–Kier alpha value is -3.20. The summed E-state index contributed by atoms with van der Waals surface area (Å²) in [6.07, 6.45) is 0. The Morgan fingerprint density at radius 3 is 1.45 bits per heavy atom. The SMILES string of the molecule is Cc1ccc([N+](=O)[O-])cc1C#Cc1cc([N+](=O)[O-])ccc1C. The second kappa shape index (κ2) is 6.06. The number of nitrogens with zero attached hydrogens (tertiary/aromatic N) is 2. The fraction of sp³-hybridized carbons (Fsp3) is 0.125. The molecular formula is C16H12N2O4. The van der Waals surface area contributed by atoms with Crippen molar-refractivity contribution in [2.75, 3.05) is 0 Å². The normalized spacial score (nSPS) is 9.73. The van der Waals surface area contributed by atoms with E-state index in [1.807, 2.05) is 0 Å². The van der Waals surface area contributed by atoms with Gasteiger partial charge in [0.1, 0.15) is 0 Å². The van der Waals surface area contributed by atoms with Crippen LogP contribution in [-0.4, -0.2) is 9.85 Å². The summed E-state index contributed by atoms with van der Waals surface area (Å²) in [5.41, 5.74) is 2.60. The van der Waals surface area contributed by atoms with E-state index in [1.54, 1.807) is 26.0 Å². The Labute approximate surface area is 126 Å². The Balaban J connectivity index is 2.46. The maximum absolute atomic E-state index is 10.8. The molecule has 0 bridgehead atoms. The largest absolute Gasteiger partial charge is 0.270 e. The van der Waals surface area contributed by atoms with Crippen LogP contribution in [0.3, 0.4) is 0 Å². The molecule has 0 atom stereocenters. The van der Waals surface area contributed by atoms with Crippen molar-refractivity contribution in [3.05, 3.63) is 78.9 Å². The molecule has 0 spiro atoms. The summed E-state index contributed by atoms with van der Waals surface area (Å²) in [6, 6.07) is 8.88. The average Bonchev–Trinajstić information content (AvgIpc) is 2.47. The van der Waals surface area contributed by atoms with Crippen LogP contribution in [0.25, 0.3) is 0 Å². The summed E-state index contributed by atoms with van der Waals surface area (Å²) in [6.45, 7) is 3.60. The number of aryl methyl sites for hydroxylation is 2. The topological polar surface area (TPSA) is 86.3 Å². The Bertz CT molecular complexity index is 764. The van der Waals surface area contributed by atoms with Crippen LogP contribution in [0.1, 0.15) is 22.3 Å². The average molecular weight is 296 g/mol. The highest BCUT2D eigenvalue weighted by molar-refractivity contribution is 5.54. The molecule has 0 aliphatic rings. The number of nitro benzene ring substituents is 2. The molecule has 6 heteroatoms. The Kier molecular flexibility index (Phi) is 4.18. The number of benzene rings is 2. The van der Waals surface area contributed by atoms with E-state index < -0.39 is 9.85 Å². The van der Waals surface area contributed by atoms with Crippen LogP contribution in [0.15, 0.2) is 36.4 Å². The zero-order valence-corrected chi connectivity index (χ0v) is 12.0. The molecule has 0 fully saturated rings. The monoisotopic (exact) mass is 296 g/mol. The van der Waals surface area contributed by atoms with Gasteiger partial charge in [0.05, 0.1) is 9.85 Å². The molecule has 0 aromatic heterocycles. The molecule has 0 saturated carbocycles. The first-order valence-corrected chi connectivity index (χ1v) is 6.40. The number of non-ortho nitro benzene ring substituents is 2. The van der Waals surface area contributed by atoms with Gasteiger partial charge < -0.3 is 0 Å². The van der Waals surface area contributed by atoms with Crippen molar-refractivity contribution in [1.82, 2.24) is 0 Å². The predicted molar refractivity (Wildman–Crippen MR) is 81.6 cm³/mol. The third-order valence-corrected chi connectivity index (χ3v) is 3.20. The molecule has 110 valence electrons. The van der Waals surface area contributed by atoms with Gasteiger partial charge in [0.25, 0.3) is 11.4 Å². The van der Waals surface area contributed by atoms with Gasteiger partial charge in [-0.1, -0.05) is 24.0 Å². The van der Waals surface area contributed by atoms with Crippen LogP contribution >= 0.6 is 0 Å². The predicted octanol–water partition coefficient (Wildman–Crippen LogP) is 3.52. The third-order valence-electron chi connectivity index (χ3n) is 3.20. The smallest absolute Gasteiger partial charge is 0.258 e. The van der Waals surface area contributed by atoms with Gasteiger partial charge >= 0.3 is 0 Å². The van der Waals surface area contributed by atoms with E-state index in [2.05, 4.69) is 11.8 Å². The lowest BCUT2D eigenvalue weighted by Gasteiger charge is -1.99. The van der Waals surface area contributed by atoms with Crippen molar-refractivity contribution < 1.29 is 9.85 Å². The Morgan fingerprint density at radius 1 is 0.773 bits per heavy atom. The van der Waals surface area contributed by atoms with Crippen LogP contribution in [0.4, 0.5) is 11.4 Å². The highest BCUT2D eigenvalue weighted by Gasteiger charge is 2.08. The van der Waals surface area contributed by atoms with Crippen molar-refractivity contribution in [2.24, 2.45) is 0 Å². The molecule has 0 saturated heterocycles. The lowest BCUT2D eigenvalue weighted by Crippen LogP contribution is -1.92. The minimum absolute atomic E-state index is 0.0364. The van der Waals surface area contributed by atoms with Gasteiger partial charge in [0, 0.05) is 35.4 Å². The van der Waals surface area contributed by atoms with Gasteiger partial charge in [-0.15, -0.1) is 0 Å². The summed E-state index contributed by atoms with van der Waals surface area (Å²) in [4.78, 5) is 20.6. The lowest BCUT2D eigenvalue weighted by atomic mass is 10.1. The van der Waals surface area contributed by atoms with Crippen LogP contribution in [0, 0.1) is 45.9 Å². The molecule has 2 rings (SSSR count). The minimum atomic E-state index is -0.483. The molecule has 0 unspecified atom stereocenters. The van der Waals surface area contributed by atoms with E-state index in [0.29, 0.717) is 11.1 Å². The fourth-order valence-electron chi connectivity index (χ4n) is 1.85. The fourth-order valence-corrected chi connectivity index (χ4v) is 1.85. The van der Waals surface area contributed by atoms with Crippen LogP contribution in [0.5, 0.6) is 0 Å². The first-order chi connectivity index (χ1) is 10.4. The number of hydrogen-bond donors (Lipinski definition) is 0. The van der Waals surface area contributed by atoms with Crippen LogP contribution in [-0.2, 0) is 0 Å². The molecular weight excluding hydrogens is 284 g/mol. The molecule has 0 N–H and O–H groups in total. The zero-order valence-electron chi connectivity index (χ0n) is 12.0. The number of rotatable bonds is 2. The van der Waals surface area contributed by atoms with Gasteiger partial charge in [-0.3, -0.25) is 20.2 Å². The molecule has 2 aromatic rings. The lowest BCUT2D eigenvalue weighted by molar-refractivity contribution is -0.385. The summed E-state index contributed by atoms with van der Waals surface area (Å²) < 4.78 is 0. The minimum Gasteiger partial charge on any atom is -0.258 e. The first kappa shape index (κ1) is 15.2. The highest BCUT2D eigenvalue weighted by atomic mass is 16.6. The van der Waals surface area contributed by atoms with Crippen LogP contribution < -0.4 is 0 Å². The molecule has 0 heterocycles. The third kappa shape index (κ3) is 3.27. The van der Waals surface area contributed by atoms with Gasteiger partial charge in [0.15, 0.2) is 0 Å². The molecule has 22 heavy (non-hydrogen) atoms. The van der Waals surface area contributed by atoms with Crippen molar-refractivity contribution in [2.45, 2.75) is 13.8 Å². The number of hydrogen-bond acceptors (Lipinski definition) is 4. The van der Waals surface area contributed by atoms with E-state index in [1.165, 1.54) is 24.3 Å². The van der Waals surface area contributed by atoms with Gasteiger partial charge in [-0.25, -0.2) is 0 Å². The van der Waals surface area contributed by atoms with Crippen molar-refractivity contribution in [3.8, 4) is 11.8 Å². The summed E-state index contributed by atoms with van der Waals surface area (Å²) in [5.74, 6) is 5.71. The van der Waals surface area contributed by atoms with E-state index in [9.17, 15) is 20.2 Å². The summed E-state index contributed by atoms with van der Waals surface area (Å²) in [7, 11) is 0. The Morgan fingerprint density at radius 2 is 1.14 bits per heavy atom. The van der Waals surface area contributed by atoms with Crippen molar-refractivity contribution >= 4 is 11.4 Å². The quantitative estimate of drug-likeness (QED) is 0.482. The van der Waals surface area contributed by atoms with Gasteiger partial charge in [0.2, 0.25) is 0 Å². The second-order valence-corrected chi connectivity index (χ2v) is 4.76. The molecule has 0 radical (unpaired) electrons. The standard InChI is InChI=1S/C16H12N2O4/c1-11-3-7-15(17(19)20)9-13(11)5-6-14-10-16(18(21)22)8-4-12(14)2/h3-4,7-10H,1-2H3. The first-order valence-electron chi connectivity index (χ1n) is 6.40. The van der Waals surface area contributed by atoms with Gasteiger partial charge in [-0.2, -0.15) is 0 Å². The maximum atomic E-state index is 10.8. The summed E-state index contributed by atoms with van der Waals surface area (Å²) >= 11 is 0. The second-order valence-electron chi connectivity index (χ2n) is 4.76. The van der Waals surface area contributed by atoms with Gasteiger partial charge in [-0.05, 0) is 25.0 Å². The number of nitro groups is 2. The molecule has 0 aliphatic carbocycles. The summed E-state index contributed by atoms with van der Waals surface area (Å²) in [5, 5.41) is 21.6. The molecule has 0 amide bonds. The van der Waals surface area contributed by atoms with Crippen molar-refractivity contribution in [3.63, 3.8) is 0 Å². The maximum Gasteiger partial charge on any atom is 0.270 e. The molecule has 0 aliphatic heterocycles. The van der Waals surface area contributed by atoms with Crippen molar-refractivity contribution in [1.29, 1.82) is 0 Å². The van der Waals surface area contributed by atoms with E-state index in [4.69, 9.17) is 0 Å². The molecule has 2 aromatic carbocycles. The zero-order chi connectivity index (χ0) is 16.3. The van der Waals surface area contributed by atoms with E-state index >= 15 is 0 Å².